The van der Waals surface area contributed by atoms with Crippen LogP contribution >= 0.6 is 0 Å². The third-order valence-electron chi connectivity index (χ3n) is 2.97. The average Bonchev–Trinajstić information content (AvgIpc) is 3.03. The van der Waals surface area contributed by atoms with Crippen molar-refractivity contribution in [2.45, 2.75) is 6.18 Å². The van der Waals surface area contributed by atoms with Crippen molar-refractivity contribution in [2.24, 2.45) is 0 Å². The molecule has 3 aromatic heterocycles. The van der Waals surface area contributed by atoms with E-state index in [9.17, 15) is 13.2 Å². The molecule has 0 aliphatic rings. The molecular formula is C15H8F3N5O. The maximum absolute atomic E-state index is 12.5. The van der Waals surface area contributed by atoms with Crippen LogP contribution in [0, 0.1) is 11.3 Å². The zero-order valence-electron chi connectivity index (χ0n) is 11.9. The van der Waals surface area contributed by atoms with Gasteiger partial charge in [0.1, 0.15) is 17.5 Å². The van der Waals surface area contributed by atoms with Crippen molar-refractivity contribution in [3.8, 4) is 17.4 Å². The SMILES string of the molecule is N#Cc1ccc(Nc2ncc(-c3ccc(C(F)(F)F)nc3)o2)cn1. The van der Waals surface area contributed by atoms with Crippen LogP contribution in [-0.4, -0.2) is 15.0 Å². The number of pyridine rings is 2. The highest BCUT2D eigenvalue weighted by Crippen LogP contribution is 2.29. The number of alkyl halides is 3. The summed E-state index contributed by atoms with van der Waals surface area (Å²) in [5.74, 6) is 0.264. The number of halogens is 3. The summed E-state index contributed by atoms with van der Waals surface area (Å²) in [6, 6.07) is 7.29. The van der Waals surface area contributed by atoms with Crippen molar-refractivity contribution >= 4 is 11.7 Å². The first-order chi connectivity index (χ1) is 11.5. The van der Waals surface area contributed by atoms with Crippen molar-refractivity contribution in [3.05, 3.63) is 54.2 Å². The monoisotopic (exact) mass is 331 g/mol. The Balaban J connectivity index is 1.76. The first-order valence-electron chi connectivity index (χ1n) is 6.58. The second kappa shape index (κ2) is 6.00. The lowest BCUT2D eigenvalue weighted by Crippen LogP contribution is -2.07. The van der Waals surface area contributed by atoms with Crippen LogP contribution in [0.1, 0.15) is 11.4 Å². The van der Waals surface area contributed by atoms with Gasteiger partial charge in [-0.05, 0) is 24.3 Å². The number of rotatable bonds is 3. The van der Waals surface area contributed by atoms with Crippen LogP contribution in [0.5, 0.6) is 0 Å². The number of oxazole rings is 1. The van der Waals surface area contributed by atoms with Gasteiger partial charge >= 0.3 is 6.18 Å². The fourth-order valence-electron chi connectivity index (χ4n) is 1.83. The lowest BCUT2D eigenvalue weighted by atomic mass is 10.2. The number of nitrogens with one attached hydrogen (secondary N) is 1. The minimum Gasteiger partial charge on any atom is -0.423 e. The van der Waals surface area contributed by atoms with Gasteiger partial charge in [-0.1, -0.05) is 0 Å². The summed E-state index contributed by atoms with van der Waals surface area (Å²) in [5, 5.41) is 11.5. The summed E-state index contributed by atoms with van der Waals surface area (Å²) in [4.78, 5) is 11.2. The van der Waals surface area contributed by atoms with Crippen LogP contribution in [0.3, 0.4) is 0 Å². The van der Waals surface area contributed by atoms with Gasteiger partial charge < -0.3 is 9.73 Å². The topological polar surface area (TPSA) is 87.6 Å². The molecule has 120 valence electrons. The molecule has 0 fully saturated rings. The molecule has 6 nitrogen and oxygen atoms in total. The summed E-state index contributed by atoms with van der Waals surface area (Å²) >= 11 is 0. The van der Waals surface area contributed by atoms with Gasteiger partial charge in [-0.3, -0.25) is 4.98 Å². The van der Waals surface area contributed by atoms with Crippen LogP contribution in [0.2, 0.25) is 0 Å². The Morgan fingerprint density at radius 3 is 2.42 bits per heavy atom. The molecule has 1 N–H and O–H groups in total. The second-order valence-corrected chi connectivity index (χ2v) is 4.63. The summed E-state index contributed by atoms with van der Waals surface area (Å²) in [5.41, 5.74) is 0.201. The van der Waals surface area contributed by atoms with E-state index in [0.717, 1.165) is 12.3 Å². The van der Waals surface area contributed by atoms with Crippen LogP contribution in [-0.2, 0) is 6.18 Å². The molecule has 9 heteroatoms. The molecule has 0 saturated heterocycles. The fraction of sp³-hybridized carbons (Fsp3) is 0.0667. The molecule has 0 radical (unpaired) electrons. The normalized spacial score (nSPS) is 11.1. The Morgan fingerprint density at radius 2 is 1.83 bits per heavy atom. The third-order valence-corrected chi connectivity index (χ3v) is 2.97. The molecule has 0 aromatic carbocycles. The van der Waals surface area contributed by atoms with Gasteiger partial charge in [0.25, 0.3) is 6.01 Å². The van der Waals surface area contributed by atoms with Gasteiger partial charge in [0, 0.05) is 11.8 Å². The average molecular weight is 331 g/mol. The van der Waals surface area contributed by atoms with E-state index in [0.29, 0.717) is 11.3 Å². The molecule has 0 amide bonds. The summed E-state index contributed by atoms with van der Waals surface area (Å²) in [6.07, 6.45) is -0.628. The van der Waals surface area contributed by atoms with E-state index >= 15 is 0 Å². The van der Waals surface area contributed by atoms with E-state index in [4.69, 9.17) is 9.68 Å². The number of hydrogen-bond acceptors (Lipinski definition) is 6. The van der Waals surface area contributed by atoms with Gasteiger partial charge in [-0.2, -0.15) is 18.4 Å². The van der Waals surface area contributed by atoms with Gasteiger partial charge in [0.05, 0.1) is 18.1 Å². The predicted molar refractivity (Wildman–Crippen MR) is 77.0 cm³/mol. The maximum atomic E-state index is 12.5. The van der Waals surface area contributed by atoms with E-state index < -0.39 is 11.9 Å². The van der Waals surface area contributed by atoms with E-state index in [-0.39, 0.29) is 17.5 Å². The standard InChI is InChI=1S/C15H8F3N5O/c16-15(17,18)13-4-1-9(6-21-13)12-8-22-14(24-12)23-11-3-2-10(5-19)20-7-11/h1-4,6-8H,(H,22,23). The van der Waals surface area contributed by atoms with E-state index in [2.05, 4.69) is 20.3 Å². The molecular weight excluding hydrogens is 323 g/mol. The summed E-state index contributed by atoms with van der Waals surface area (Å²) in [6.45, 7) is 0. The first kappa shape index (κ1) is 15.5. The van der Waals surface area contributed by atoms with Crippen LogP contribution in [0.15, 0.2) is 47.3 Å². The molecule has 3 heterocycles. The molecule has 0 saturated carbocycles. The Kier molecular flexibility index (Phi) is 3.87. The van der Waals surface area contributed by atoms with Gasteiger partial charge in [-0.25, -0.2) is 9.97 Å². The molecule has 24 heavy (non-hydrogen) atoms. The predicted octanol–water partition coefficient (Wildman–Crippen LogP) is 3.77. The number of hydrogen-bond donors (Lipinski definition) is 1. The van der Waals surface area contributed by atoms with Crippen LogP contribution < -0.4 is 5.32 Å². The molecule has 0 aliphatic carbocycles. The highest BCUT2D eigenvalue weighted by molar-refractivity contribution is 5.58. The minimum atomic E-state index is -4.49. The lowest BCUT2D eigenvalue weighted by Gasteiger charge is -2.05. The Hall–Kier alpha value is -3.41. The summed E-state index contributed by atoms with van der Waals surface area (Å²) < 4.78 is 42.9. The van der Waals surface area contributed by atoms with E-state index in [1.165, 1.54) is 24.5 Å². The number of anilines is 2. The Morgan fingerprint density at radius 1 is 1.00 bits per heavy atom. The molecule has 0 spiro atoms. The van der Waals surface area contributed by atoms with Crippen molar-refractivity contribution in [1.29, 1.82) is 5.26 Å². The minimum absolute atomic E-state index is 0.136. The number of nitriles is 1. The van der Waals surface area contributed by atoms with Gasteiger partial charge in [-0.15, -0.1) is 0 Å². The quantitative estimate of drug-likeness (QED) is 0.786. The lowest BCUT2D eigenvalue weighted by molar-refractivity contribution is -0.141. The van der Waals surface area contributed by atoms with Crippen molar-refractivity contribution in [1.82, 2.24) is 15.0 Å². The highest BCUT2D eigenvalue weighted by atomic mass is 19.4. The summed E-state index contributed by atoms with van der Waals surface area (Å²) in [7, 11) is 0. The van der Waals surface area contributed by atoms with Gasteiger partial charge in [0.15, 0.2) is 5.76 Å². The molecule has 0 aliphatic heterocycles. The van der Waals surface area contributed by atoms with Crippen molar-refractivity contribution in [2.75, 3.05) is 5.32 Å². The van der Waals surface area contributed by atoms with Crippen molar-refractivity contribution < 1.29 is 17.6 Å². The zero-order valence-corrected chi connectivity index (χ0v) is 11.9. The first-order valence-corrected chi connectivity index (χ1v) is 6.58. The van der Waals surface area contributed by atoms with Gasteiger partial charge in [0.2, 0.25) is 0 Å². The molecule has 0 unspecified atom stereocenters. The molecule has 3 rings (SSSR count). The highest BCUT2D eigenvalue weighted by Gasteiger charge is 2.32. The van der Waals surface area contributed by atoms with Crippen molar-refractivity contribution in [3.63, 3.8) is 0 Å². The Labute approximate surface area is 133 Å². The molecule has 0 bridgehead atoms. The maximum Gasteiger partial charge on any atom is 0.433 e. The Bertz CT molecular complexity index is 879. The van der Waals surface area contributed by atoms with E-state index in [1.54, 1.807) is 6.07 Å². The number of aromatic nitrogens is 3. The fourth-order valence-corrected chi connectivity index (χ4v) is 1.83. The second-order valence-electron chi connectivity index (χ2n) is 4.63. The van der Waals surface area contributed by atoms with E-state index in [1.807, 2.05) is 6.07 Å². The largest absolute Gasteiger partial charge is 0.433 e. The third kappa shape index (κ3) is 3.33. The number of nitrogens with zero attached hydrogens (tertiary/aromatic N) is 4. The van der Waals surface area contributed by atoms with Crippen LogP contribution in [0.25, 0.3) is 11.3 Å². The zero-order chi connectivity index (χ0) is 17.2. The molecule has 3 aromatic rings. The molecule has 0 atom stereocenters. The van der Waals surface area contributed by atoms with Crippen LogP contribution in [0.4, 0.5) is 24.9 Å². The smallest absolute Gasteiger partial charge is 0.423 e.